The lowest BCUT2D eigenvalue weighted by Gasteiger charge is -2.48. The highest BCUT2D eigenvalue weighted by Crippen LogP contribution is 2.45. The molecular weight excluding hydrogens is 490 g/mol. The van der Waals surface area contributed by atoms with Crippen LogP contribution in [-0.2, 0) is 12.0 Å². The van der Waals surface area contributed by atoms with Crippen LogP contribution in [0.5, 0.6) is 17.2 Å². The number of nitrogens with two attached hydrogens (primary N) is 1. The van der Waals surface area contributed by atoms with Crippen molar-refractivity contribution in [3.05, 3.63) is 83.4 Å². The molecule has 1 fully saturated rings. The summed E-state index contributed by atoms with van der Waals surface area (Å²) in [6.07, 6.45) is 2.70. The van der Waals surface area contributed by atoms with Gasteiger partial charge in [-0.2, -0.15) is 0 Å². The van der Waals surface area contributed by atoms with E-state index in [0.29, 0.717) is 17.3 Å². The van der Waals surface area contributed by atoms with E-state index in [1.54, 1.807) is 21.3 Å². The summed E-state index contributed by atoms with van der Waals surface area (Å²) in [6.45, 7) is 2.93. The third-order valence-electron chi connectivity index (χ3n) is 8.22. The standard InChI is InChI=1S/C31H39N5O3/c1-33-31(34-26-19-28(39-4)27(38-3)18-25(26)29(32)35-31)21-30(23-10-12-24(37-2)13-11-23)14-16-36(17-15-30)20-22-8-6-5-7-9-22/h5-13,18-19,33-34H,14-17,20-21H2,1-4H3,(H2,32,35). The molecule has 39 heavy (non-hydrogen) atoms. The predicted molar refractivity (Wildman–Crippen MR) is 156 cm³/mol. The molecule has 0 radical (unpaired) electrons. The first-order valence-electron chi connectivity index (χ1n) is 13.4. The lowest BCUT2D eigenvalue weighted by atomic mass is 9.68. The fourth-order valence-electron chi connectivity index (χ4n) is 5.98. The highest BCUT2D eigenvalue weighted by Gasteiger charge is 2.45. The van der Waals surface area contributed by atoms with Gasteiger partial charge in [-0.05, 0) is 62.3 Å². The van der Waals surface area contributed by atoms with Gasteiger partial charge in [0.25, 0.3) is 0 Å². The topological polar surface area (TPSA) is 93.4 Å². The van der Waals surface area contributed by atoms with Gasteiger partial charge in [-0.1, -0.05) is 42.5 Å². The van der Waals surface area contributed by atoms with Crippen LogP contribution in [0.4, 0.5) is 5.69 Å². The van der Waals surface area contributed by atoms with E-state index in [1.807, 2.05) is 19.2 Å². The molecule has 0 aliphatic carbocycles. The van der Waals surface area contributed by atoms with Crippen LogP contribution in [0, 0.1) is 0 Å². The van der Waals surface area contributed by atoms with Crippen LogP contribution in [0.2, 0.25) is 0 Å². The van der Waals surface area contributed by atoms with Gasteiger partial charge in [0.1, 0.15) is 11.6 Å². The molecule has 8 nitrogen and oxygen atoms in total. The summed E-state index contributed by atoms with van der Waals surface area (Å²) in [6, 6.07) is 23.0. The Morgan fingerprint density at radius 3 is 2.21 bits per heavy atom. The van der Waals surface area contributed by atoms with Crippen LogP contribution in [-0.4, -0.2) is 58.0 Å². The van der Waals surface area contributed by atoms with Gasteiger partial charge in [0.2, 0.25) is 0 Å². The number of nitrogens with one attached hydrogen (secondary N) is 2. The molecule has 1 unspecified atom stereocenters. The Balaban J connectivity index is 1.47. The number of hydrogen-bond donors (Lipinski definition) is 3. The third kappa shape index (κ3) is 5.40. The first-order valence-corrected chi connectivity index (χ1v) is 13.4. The maximum atomic E-state index is 6.59. The second kappa shape index (κ2) is 11.2. The quantitative estimate of drug-likeness (QED) is 0.380. The zero-order valence-electron chi connectivity index (χ0n) is 23.3. The maximum Gasteiger partial charge on any atom is 0.187 e. The molecule has 2 aliphatic rings. The Labute approximate surface area is 231 Å². The molecule has 0 aromatic heterocycles. The highest BCUT2D eigenvalue weighted by atomic mass is 16.5. The van der Waals surface area contributed by atoms with E-state index < -0.39 is 5.79 Å². The highest BCUT2D eigenvalue weighted by molar-refractivity contribution is 6.05. The number of ether oxygens (including phenoxy) is 3. The number of rotatable bonds is 9. The molecule has 1 atom stereocenters. The Morgan fingerprint density at radius 2 is 1.59 bits per heavy atom. The van der Waals surface area contributed by atoms with Crippen molar-refractivity contribution in [1.82, 2.24) is 10.2 Å². The average molecular weight is 530 g/mol. The van der Waals surface area contributed by atoms with Crippen LogP contribution in [0.3, 0.4) is 0 Å². The second-order valence-electron chi connectivity index (χ2n) is 10.4. The Morgan fingerprint density at radius 1 is 0.923 bits per heavy atom. The van der Waals surface area contributed by atoms with Gasteiger partial charge in [0.05, 0.1) is 27.0 Å². The van der Waals surface area contributed by atoms with Crippen LogP contribution in [0.25, 0.3) is 0 Å². The maximum absolute atomic E-state index is 6.59. The Bertz CT molecular complexity index is 1300. The molecule has 1 saturated heterocycles. The summed E-state index contributed by atoms with van der Waals surface area (Å²) in [5.41, 5.74) is 10.7. The largest absolute Gasteiger partial charge is 0.497 e. The summed E-state index contributed by atoms with van der Waals surface area (Å²) in [7, 11) is 6.89. The monoisotopic (exact) mass is 529 g/mol. The van der Waals surface area contributed by atoms with E-state index in [1.165, 1.54) is 11.1 Å². The number of fused-ring (bicyclic) bond motifs is 1. The number of piperidine rings is 1. The first-order chi connectivity index (χ1) is 18.9. The Hall–Kier alpha value is -3.75. The second-order valence-corrected chi connectivity index (χ2v) is 10.4. The summed E-state index contributed by atoms with van der Waals surface area (Å²) in [5.74, 6) is 1.78. The summed E-state index contributed by atoms with van der Waals surface area (Å²) in [4.78, 5) is 7.57. The molecule has 0 amide bonds. The normalized spacial score (nSPS) is 20.4. The zero-order valence-corrected chi connectivity index (χ0v) is 23.3. The van der Waals surface area contributed by atoms with E-state index >= 15 is 0 Å². The number of benzene rings is 3. The summed E-state index contributed by atoms with van der Waals surface area (Å²) < 4.78 is 16.5. The van der Waals surface area contributed by atoms with Crippen LogP contribution < -0.4 is 30.6 Å². The first kappa shape index (κ1) is 26.8. The fourth-order valence-corrected chi connectivity index (χ4v) is 5.98. The molecule has 4 N–H and O–H groups in total. The molecule has 206 valence electrons. The van der Waals surface area contributed by atoms with Crippen molar-refractivity contribution < 1.29 is 14.2 Å². The Kier molecular flexibility index (Phi) is 7.68. The van der Waals surface area contributed by atoms with Gasteiger partial charge in [0, 0.05) is 30.0 Å². The molecule has 8 heteroatoms. The van der Waals surface area contributed by atoms with Gasteiger partial charge in [-0.15, -0.1) is 0 Å². The molecule has 0 saturated carbocycles. The number of likely N-dealkylation sites (tertiary alicyclic amines) is 1. The van der Waals surface area contributed by atoms with E-state index in [2.05, 4.69) is 70.1 Å². The number of hydrogen-bond acceptors (Lipinski definition) is 8. The number of methoxy groups -OCH3 is 3. The predicted octanol–water partition coefficient (Wildman–Crippen LogP) is 4.34. The smallest absolute Gasteiger partial charge is 0.187 e. The van der Waals surface area contributed by atoms with Crippen molar-refractivity contribution in [3.8, 4) is 17.2 Å². The molecular formula is C31H39N5O3. The van der Waals surface area contributed by atoms with E-state index in [4.69, 9.17) is 24.9 Å². The van der Waals surface area contributed by atoms with E-state index in [0.717, 1.165) is 55.9 Å². The van der Waals surface area contributed by atoms with Crippen molar-refractivity contribution in [2.45, 2.75) is 37.0 Å². The van der Waals surface area contributed by atoms with Crippen molar-refractivity contribution >= 4 is 11.5 Å². The van der Waals surface area contributed by atoms with E-state index in [9.17, 15) is 0 Å². The lowest BCUT2D eigenvalue weighted by Crippen LogP contribution is -2.57. The number of aliphatic imine (C=N–C) groups is 1. The number of anilines is 1. The van der Waals surface area contributed by atoms with Crippen LogP contribution in [0.15, 0.2) is 71.7 Å². The van der Waals surface area contributed by atoms with Crippen molar-refractivity contribution in [2.75, 3.05) is 46.8 Å². The minimum atomic E-state index is -0.793. The summed E-state index contributed by atoms with van der Waals surface area (Å²) >= 11 is 0. The van der Waals surface area contributed by atoms with Crippen LogP contribution >= 0.6 is 0 Å². The van der Waals surface area contributed by atoms with Gasteiger partial charge in [-0.25, -0.2) is 4.99 Å². The van der Waals surface area contributed by atoms with Gasteiger partial charge in [-0.3, -0.25) is 10.2 Å². The number of nitrogens with zero attached hydrogens (tertiary/aromatic N) is 2. The minimum Gasteiger partial charge on any atom is -0.497 e. The minimum absolute atomic E-state index is 0.132. The van der Waals surface area contributed by atoms with E-state index in [-0.39, 0.29) is 5.41 Å². The van der Waals surface area contributed by atoms with Gasteiger partial charge >= 0.3 is 0 Å². The fraction of sp³-hybridized carbons (Fsp3) is 0.387. The number of amidine groups is 1. The van der Waals surface area contributed by atoms with Crippen molar-refractivity contribution in [1.29, 1.82) is 0 Å². The third-order valence-corrected chi connectivity index (χ3v) is 8.22. The van der Waals surface area contributed by atoms with Crippen molar-refractivity contribution in [2.24, 2.45) is 10.7 Å². The lowest BCUT2D eigenvalue weighted by molar-refractivity contribution is 0.124. The van der Waals surface area contributed by atoms with Crippen molar-refractivity contribution in [3.63, 3.8) is 0 Å². The molecule has 2 aliphatic heterocycles. The molecule has 3 aromatic rings. The van der Waals surface area contributed by atoms with Gasteiger partial charge in [0.15, 0.2) is 17.3 Å². The molecule has 0 bridgehead atoms. The zero-order chi connectivity index (χ0) is 27.5. The molecule has 3 aromatic carbocycles. The summed E-state index contributed by atoms with van der Waals surface area (Å²) in [5, 5.41) is 7.16. The molecule has 5 rings (SSSR count). The SMILES string of the molecule is CNC1(CC2(c3ccc(OC)cc3)CCN(Cc3ccccc3)CC2)N=C(N)c2cc(OC)c(OC)cc2N1. The average Bonchev–Trinajstić information content (AvgIpc) is 2.98. The van der Waals surface area contributed by atoms with Gasteiger partial charge < -0.3 is 25.3 Å². The molecule has 0 spiro atoms. The van der Waals surface area contributed by atoms with Crippen LogP contribution in [0.1, 0.15) is 36.0 Å². The molecule has 2 heterocycles.